The molecular weight excluding hydrogens is 240 g/mol. The Kier molecular flexibility index (Phi) is 4.55. The molecule has 0 atom stereocenters. The van der Waals surface area contributed by atoms with E-state index in [0.717, 1.165) is 6.54 Å². The topological polar surface area (TPSA) is 75.3 Å². The van der Waals surface area contributed by atoms with Gasteiger partial charge in [0.1, 0.15) is 9.84 Å². The van der Waals surface area contributed by atoms with Crippen molar-refractivity contribution >= 4 is 15.7 Å². The highest BCUT2D eigenvalue weighted by Crippen LogP contribution is 2.13. The summed E-state index contributed by atoms with van der Waals surface area (Å²) in [6.45, 7) is 6.32. The van der Waals surface area contributed by atoms with Crippen molar-refractivity contribution in [1.29, 1.82) is 0 Å². The summed E-state index contributed by atoms with van der Waals surface area (Å²) in [6.07, 6.45) is 1.05. The molecule has 0 aromatic rings. The van der Waals surface area contributed by atoms with Crippen LogP contribution in [0.3, 0.4) is 0 Å². The molecule has 1 aliphatic heterocycles. The Morgan fingerprint density at radius 2 is 1.82 bits per heavy atom. The highest BCUT2D eigenvalue weighted by molar-refractivity contribution is 7.91. The summed E-state index contributed by atoms with van der Waals surface area (Å²) in [5.41, 5.74) is -0.606. The molecule has 100 valence electrons. The number of amides is 1. The maximum atomic E-state index is 12.0. The van der Waals surface area contributed by atoms with Crippen molar-refractivity contribution < 1.29 is 13.2 Å². The first-order valence-electron chi connectivity index (χ1n) is 6.03. The van der Waals surface area contributed by atoms with E-state index < -0.39 is 15.4 Å². The molecule has 0 aromatic carbocycles. The van der Waals surface area contributed by atoms with Crippen LogP contribution in [-0.4, -0.2) is 44.0 Å². The highest BCUT2D eigenvalue weighted by atomic mass is 32.2. The van der Waals surface area contributed by atoms with Gasteiger partial charge in [0.15, 0.2) is 0 Å². The summed E-state index contributed by atoms with van der Waals surface area (Å²) in [6, 6.07) is -0.0102. The summed E-state index contributed by atoms with van der Waals surface area (Å²) in [5.74, 6) is 0.294. The van der Waals surface area contributed by atoms with Crippen LogP contribution >= 0.6 is 0 Å². The summed E-state index contributed by atoms with van der Waals surface area (Å²) in [4.78, 5) is 12.0. The van der Waals surface area contributed by atoms with Gasteiger partial charge in [0.25, 0.3) is 0 Å². The molecule has 1 saturated heterocycles. The molecule has 1 fully saturated rings. The standard InChI is InChI=1S/C11H22N2O3S/c1-4-12-11(2,3)10(14)13-9-5-7-17(15,16)8-6-9/h9,12H,4-8H2,1-3H3,(H,13,14). The predicted molar refractivity (Wildman–Crippen MR) is 67.6 cm³/mol. The van der Waals surface area contributed by atoms with Crippen LogP contribution in [0.5, 0.6) is 0 Å². The lowest BCUT2D eigenvalue weighted by Gasteiger charge is -2.29. The zero-order valence-corrected chi connectivity index (χ0v) is 11.6. The molecule has 1 heterocycles. The average Bonchev–Trinajstić information content (AvgIpc) is 2.21. The summed E-state index contributed by atoms with van der Waals surface area (Å²) in [5, 5.41) is 6.01. The largest absolute Gasteiger partial charge is 0.352 e. The molecule has 0 radical (unpaired) electrons. The maximum absolute atomic E-state index is 12.0. The van der Waals surface area contributed by atoms with Gasteiger partial charge in [-0.3, -0.25) is 4.79 Å². The van der Waals surface area contributed by atoms with Gasteiger partial charge >= 0.3 is 0 Å². The Labute approximate surface area is 103 Å². The van der Waals surface area contributed by atoms with Crippen molar-refractivity contribution in [2.45, 2.75) is 45.2 Å². The van der Waals surface area contributed by atoms with Crippen molar-refractivity contribution in [3.8, 4) is 0 Å². The van der Waals surface area contributed by atoms with E-state index in [0.29, 0.717) is 12.8 Å². The van der Waals surface area contributed by atoms with E-state index in [-0.39, 0.29) is 23.5 Å². The molecule has 1 amide bonds. The van der Waals surface area contributed by atoms with Crippen molar-refractivity contribution in [3.05, 3.63) is 0 Å². The molecule has 0 aromatic heterocycles. The summed E-state index contributed by atoms with van der Waals surface area (Å²) < 4.78 is 22.5. The van der Waals surface area contributed by atoms with Gasteiger partial charge in [-0.15, -0.1) is 0 Å². The normalized spacial score (nSPS) is 21.1. The fraction of sp³-hybridized carbons (Fsp3) is 0.909. The van der Waals surface area contributed by atoms with E-state index in [1.807, 2.05) is 20.8 Å². The Hall–Kier alpha value is -0.620. The molecular formula is C11H22N2O3S. The van der Waals surface area contributed by atoms with Gasteiger partial charge in [-0.05, 0) is 33.2 Å². The fourth-order valence-electron chi connectivity index (χ4n) is 1.92. The molecule has 0 saturated carbocycles. The highest BCUT2D eigenvalue weighted by Gasteiger charge is 2.30. The fourth-order valence-corrected chi connectivity index (χ4v) is 3.41. The van der Waals surface area contributed by atoms with Crippen LogP contribution in [0.2, 0.25) is 0 Å². The van der Waals surface area contributed by atoms with Crippen LogP contribution in [0.25, 0.3) is 0 Å². The molecule has 6 heteroatoms. The van der Waals surface area contributed by atoms with Crippen molar-refractivity contribution in [3.63, 3.8) is 0 Å². The molecule has 0 aliphatic carbocycles. The van der Waals surface area contributed by atoms with Crippen LogP contribution in [0.1, 0.15) is 33.6 Å². The van der Waals surface area contributed by atoms with E-state index in [2.05, 4.69) is 10.6 Å². The minimum atomic E-state index is -2.86. The molecule has 1 rings (SSSR count). The van der Waals surface area contributed by atoms with E-state index in [1.54, 1.807) is 0 Å². The van der Waals surface area contributed by atoms with Gasteiger partial charge in [0.2, 0.25) is 5.91 Å². The molecule has 17 heavy (non-hydrogen) atoms. The van der Waals surface area contributed by atoms with Crippen LogP contribution in [0, 0.1) is 0 Å². The van der Waals surface area contributed by atoms with Gasteiger partial charge in [0.05, 0.1) is 17.0 Å². The van der Waals surface area contributed by atoms with Crippen LogP contribution < -0.4 is 10.6 Å². The second kappa shape index (κ2) is 5.35. The zero-order valence-electron chi connectivity index (χ0n) is 10.7. The Morgan fingerprint density at radius 3 is 2.29 bits per heavy atom. The Morgan fingerprint density at radius 1 is 1.29 bits per heavy atom. The minimum absolute atomic E-state index is 0.0102. The number of hydrogen-bond donors (Lipinski definition) is 2. The lowest BCUT2D eigenvalue weighted by Crippen LogP contribution is -2.55. The number of sulfone groups is 1. The molecule has 5 nitrogen and oxygen atoms in total. The molecule has 0 spiro atoms. The number of rotatable bonds is 4. The number of likely N-dealkylation sites (N-methyl/N-ethyl adjacent to an activating group) is 1. The Balaban J connectivity index is 2.48. The number of carbonyl (C=O) groups excluding carboxylic acids is 1. The van der Waals surface area contributed by atoms with Crippen LogP contribution in [0.4, 0.5) is 0 Å². The van der Waals surface area contributed by atoms with Gasteiger partial charge in [-0.2, -0.15) is 0 Å². The van der Waals surface area contributed by atoms with Gasteiger partial charge in [0, 0.05) is 6.04 Å². The Bertz CT molecular complexity index is 362. The molecule has 1 aliphatic rings. The number of nitrogens with one attached hydrogen (secondary N) is 2. The first kappa shape index (κ1) is 14.4. The van der Waals surface area contributed by atoms with Crippen molar-refractivity contribution in [1.82, 2.24) is 10.6 Å². The third kappa shape index (κ3) is 4.27. The van der Waals surface area contributed by atoms with Crippen LogP contribution in [-0.2, 0) is 14.6 Å². The van der Waals surface area contributed by atoms with Crippen molar-refractivity contribution in [2.24, 2.45) is 0 Å². The van der Waals surface area contributed by atoms with E-state index >= 15 is 0 Å². The van der Waals surface area contributed by atoms with E-state index in [4.69, 9.17) is 0 Å². The minimum Gasteiger partial charge on any atom is -0.352 e. The summed E-state index contributed by atoms with van der Waals surface area (Å²) >= 11 is 0. The lowest BCUT2D eigenvalue weighted by atomic mass is 10.0. The SMILES string of the molecule is CCNC(C)(C)C(=O)NC1CCS(=O)(=O)CC1. The average molecular weight is 262 g/mol. The quantitative estimate of drug-likeness (QED) is 0.752. The third-order valence-electron chi connectivity index (χ3n) is 3.08. The number of carbonyl (C=O) groups is 1. The monoisotopic (exact) mass is 262 g/mol. The van der Waals surface area contributed by atoms with Crippen LogP contribution in [0.15, 0.2) is 0 Å². The van der Waals surface area contributed by atoms with Gasteiger partial charge < -0.3 is 10.6 Å². The smallest absolute Gasteiger partial charge is 0.239 e. The van der Waals surface area contributed by atoms with Gasteiger partial charge in [-0.1, -0.05) is 6.92 Å². The third-order valence-corrected chi connectivity index (χ3v) is 4.79. The second-order valence-electron chi connectivity index (χ2n) is 5.05. The molecule has 2 N–H and O–H groups in total. The summed E-state index contributed by atoms with van der Waals surface area (Å²) in [7, 11) is -2.86. The van der Waals surface area contributed by atoms with E-state index in [9.17, 15) is 13.2 Å². The maximum Gasteiger partial charge on any atom is 0.239 e. The zero-order chi connectivity index (χ0) is 13.1. The molecule has 0 bridgehead atoms. The first-order valence-corrected chi connectivity index (χ1v) is 7.85. The van der Waals surface area contributed by atoms with Gasteiger partial charge in [-0.25, -0.2) is 8.42 Å². The molecule has 0 unspecified atom stereocenters. The first-order chi connectivity index (χ1) is 7.77. The number of hydrogen-bond acceptors (Lipinski definition) is 4. The van der Waals surface area contributed by atoms with Crippen molar-refractivity contribution in [2.75, 3.05) is 18.1 Å². The van der Waals surface area contributed by atoms with E-state index in [1.165, 1.54) is 0 Å². The second-order valence-corrected chi connectivity index (χ2v) is 7.36. The predicted octanol–water partition coefficient (Wildman–Crippen LogP) is 0.0679. The lowest BCUT2D eigenvalue weighted by molar-refractivity contribution is -0.127.